The first-order chi connectivity index (χ1) is 15.4. The van der Waals surface area contributed by atoms with Crippen LogP contribution < -0.4 is 0 Å². The van der Waals surface area contributed by atoms with Gasteiger partial charge in [0.05, 0.1) is 6.10 Å². The van der Waals surface area contributed by atoms with Gasteiger partial charge in [0.25, 0.3) is 0 Å². The van der Waals surface area contributed by atoms with Gasteiger partial charge in [-0.25, -0.2) is 0 Å². The summed E-state index contributed by atoms with van der Waals surface area (Å²) in [5.41, 5.74) is 0.885. The molecule has 5 rings (SSSR count). The Morgan fingerprint density at radius 1 is 1.15 bits per heavy atom. The predicted molar refractivity (Wildman–Crippen MR) is 126 cm³/mol. The summed E-state index contributed by atoms with van der Waals surface area (Å²) >= 11 is 0. The fourth-order valence-corrected chi connectivity index (χ4v) is 10.3. The van der Waals surface area contributed by atoms with Gasteiger partial charge >= 0.3 is 5.97 Å². The summed E-state index contributed by atoms with van der Waals surface area (Å²) in [4.78, 5) is 12.4. The van der Waals surface area contributed by atoms with Crippen LogP contribution in [0.15, 0.2) is 11.6 Å². The Hall–Kier alpha value is -0.910. The largest absolute Gasteiger partial charge is 0.462 e. The highest BCUT2D eigenvalue weighted by Crippen LogP contribution is 2.74. The average Bonchev–Trinajstić information content (AvgIpc) is 3.02. The Morgan fingerprint density at radius 3 is 2.55 bits per heavy atom. The Balaban J connectivity index is 1.65. The number of esters is 1. The van der Waals surface area contributed by atoms with E-state index in [-0.39, 0.29) is 52.9 Å². The van der Waals surface area contributed by atoms with E-state index in [1.165, 1.54) is 18.9 Å². The Morgan fingerprint density at radius 2 is 1.88 bits per heavy atom. The molecule has 33 heavy (non-hydrogen) atoms. The zero-order valence-electron chi connectivity index (χ0n) is 21.4. The summed E-state index contributed by atoms with van der Waals surface area (Å²) in [6.07, 6.45) is 8.43. The molecule has 0 aromatic rings. The summed E-state index contributed by atoms with van der Waals surface area (Å²) in [6.45, 7) is 13.2. The lowest BCUT2D eigenvalue weighted by molar-refractivity contribution is -0.262. The van der Waals surface area contributed by atoms with Crippen molar-refractivity contribution in [3.05, 3.63) is 11.6 Å². The minimum absolute atomic E-state index is 0.0195. The van der Waals surface area contributed by atoms with Crippen molar-refractivity contribution in [2.24, 2.45) is 45.3 Å². The summed E-state index contributed by atoms with van der Waals surface area (Å²) in [6, 6.07) is 0. The van der Waals surface area contributed by atoms with E-state index in [4.69, 9.17) is 9.47 Å². The second-order valence-electron chi connectivity index (χ2n) is 13.2. The van der Waals surface area contributed by atoms with Crippen molar-refractivity contribution in [3.63, 3.8) is 0 Å². The van der Waals surface area contributed by atoms with Crippen LogP contribution in [0.3, 0.4) is 0 Å². The van der Waals surface area contributed by atoms with Crippen LogP contribution in [0.2, 0.25) is 0 Å². The van der Waals surface area contributed by atoms with Gasteiger partial charge in [0.2, 0.25) is 0 Å². The molecule has 0 radical (unpaired) electrons. The number of allylic oxidation sites excluding steroid dienone is 1. The number of fused-ring (bicyclic) bond motifs is 7. The van der Waals surface area contributed by atoms with Crippen LogP contribution in [-0.2, 0) is 14.3 Å². The van der Waals surface area contributed by atoms with Gasteiger partial charge in [-0.1, -0.05) is 40.2 Å². The summed E-state index contributed by atoms with van der Waals surface area (Å²) < 4.78 is 12.1. The van der Waals surface area contributed by atoms with Crippen LogP contribution in [0.5, 0.6) is 0 Å². The molecule has 0 aromatic heterocycles. The highest BCUT2D eigenvalue weighted by molar-refractivity contribution is 5.66. The first-order valence-electron chi connectivity index (χ1n) is 13.2. The van der Waals surface area contributed by atoms with Crippen molar-refractivity contribution in [2.45, 2.75) is 105 Å². The SMILES string of the molecule is CC(=O)O[C@H]1C[C@@H]2[C@@](C)(CC[C@H]3C(C)(C)CCC[C@]23CO)[C@@H]2CC=C3[C@H]([C@H](O)O[C@@H]3C)[C@@]12C. The Kier molecular flexibility index (Phi) is 5.44. The third-order valence-electron chi connectivity index (χ3n) is 11.6. The highest BCUT2D eigenvalue weighted by atomic mass is 16.6. The van der Waals surface area contributed by atoms with E-state index >= 15 is 0 Å². The van der Waals surface area contributed by atoms with Crippen molar-refractivity contribution in [3.8, 4) is 0 Å². The minimum atomic E-state index is -0.867. The standard InChI is InChI=1S/C28H44O5/c1-16-18-8-9-20-26(5)13-10-19-25(3,4)11-7-12-28(19,15-29)21(26)14-22(33-17(2)30)27(20,6)23(18)24(31)32-16/h8,16,19-24,29,31H,7,9-15H2,1-6H3/t16-,19+,20+,21-,22+,23-,24-,26+,27-,28-/m1/s1. The summed E-state index contributed by atoms with van der Waals surface area (Å²) in [7, 11) is 0. The molecule has 0 amide bonds. The molecule has 1 saturated heterocycles. The lowest BCUT2D eigenvalue weighted by atomic mass is 9.34. The molecule has 5 aliphatic rings. The number of carbonyl (C=O) groups is 1. The molecule has 0 bridgehead atoms. The maximum Gasteiger partial charge on any atom is 0.302 e. The maximum atomic E-state index is 12.4. The topological polar surface area (TPSA) is 76.0 Å². The minimum Gasteiger partial charge on any atom is -0.462 e. The van der Waals surface area contributed by atoms with Crippen LogP contribution in [0, 0.1) is 45.3 Å². The molecule has 0 spiro atoms. The van der Waals surface area contributed by atoms with E-state index < -0.39 is 11.7 Å². The predicted octanol–water partition coefficient (Wildman–Crippen LogP) is 4.85. The fraction of sp³-hybridized carbons (Fsp3) is 0.893. The van der Waals surface area contributed by atoms with Crippen molar-refractivity contribution in [1.82, 2.24) is 0 Å². The Bertz CT molecular complexity index is 849. The third-order valence-corrected chi connectivity index (χ3v) is 11.6. The molecule has 0 aromatic carbocycles. The zero-order valence-corrected chi connectivity index (χ0v) is 21.4. The molecule has 4 fully saturated rings. The highest BCUT2D eigenvalue weighted by Gasteiger charge is 2.71. The molecule has 0 unspecified atom stereocenters. The van der Waals surface area contributed by atoms with Gasteiger partial charge in [0, 0.05) is 30.3 Å². The quantitative estimate of drug-likeness (QED) is 0.455. The van der Waals surface area contributed by atoms with E-state index in [0.717, 1.165) is 38.5 Å². The second-order valence-corrected chi connectivity index (χ2v) is 13.2. The van der Waals surface area contributed by atoms with Gasteiger partial charge in [-0.3, -0.25) is 4.79 Å². The number of hydrogen-bond donors (Lipinski definition) is 2. The summed E-state index contributed by atoms with van der Waals surface area (Å²) in [5, 5.41) is 22.1. The van der Waals surface area contributed by atoms with E-state index in [0.29, 0.717) is 11.8 Å². The van der Waals surface area contributed by atoms with E-state index in [1.54, 1.807) is 0 Å². The van der Waals surface area contributed by atoms with Gasteiger partial charge in [-0.2, -0.15) is 0 Å². The van der Waals surface area contributed by atoms with Crippen LogP contribution >= 0.6 is 0 Å². The van der Waals surface area contributed by atoms with Crippen LogP contribution in [0.25, 0.3) is 0 Å². The smallest absolute Gasteiger partial charge is 0.302 e. The first-order valence-corrected chi connectivity index (χ1v) is 13.2. The lowest BCUT2D eigenvalue weighted by Gasteiger charge is -2.71. The van der Waals surface area contributed by atoms with Gasteiger partial charge in [0.1, 0.15) is 6.10 Å². The van der Waals surface area contributed by atoms with Crippen LogP contribution in [-0.4, -0.2) is 41.3 Å². The lowest BCUT2D eigenvalue weighted by Crippen LogP contribution is -2.68. The number of hydrogen-bond acceptors (Lipinski definition) is 5. The molecule has 1 aliphatic heterocycles. The van der Waals surface area contributed by atoms with Crippen molar-refractivity contribution in [2.75, 3.05) is 6.61 Å². The average molecular weight is 461 g/mol. The number of carbonyl (C=O) groups excluding carboxylic acids is 1. The fourth-order valence-electron chi connectivity index (χ4n) is 10.3. The molecule has 10 atom stereocenters. The molecule has 2 N–H and O–H groups in total. The van der Waals surface area contributed by atoms with E-state index in [2.05, 4.69) is 33.8 Å². The van der Waals surface area contributed by atoms with Gasteiger partial charge in [0.15, 0.2) is 6.29 Å². The number of rotatable bonds is 2. The first kappa shape index (κ1) is 23.8. The monoisotopic (exact) mass is 460 g/mol. The second kappa shape index (κ2) is 7.54. The van der Waals surface area contributed by atoms with Gasteiger partial charge in [-0.05, 0) is 79.6 Å². The molecule has 5 nitrogen and oxygen atoms in total. The molecular formula is C28H44O5. The number of aliphatic hydroxyl groups excluding tert-OH is 2. The van der Waals surface area contributed by atoms with E-state index in [9.17, 15) is 15.0 Å². The number of ether oxygens (including phenoxy) is 2. The van der Waals surface area contributed by atoms with E-state index in [1.807, 2.05) is 6.92 Å². The van der Waals surface area contributed by atoms with Crippen LogP contribution in [0.4, 0.5) is 0 Å². The maximum absolute atomic E-state index is 12.4. The molecule has 3 saturated carbocycles. The Labute approximate surface area is 199 Å². The molecule has 5 heteroatoms. The zero-order chi connectivity index (χ0) is 24.0. The van der Waals surface area contributed by atoms with Crippen molar-refractivity contribution >= 4 is 5.97 Å². The molecule has 186 valence electrons. The molecular weight excluding hydrogens is 416 g/mol. The van der Waals surface area contributed by atoms with Crippen LogP contribution in [0.1, 0.15) is 86.5 Å². The van der Waals surface area contributed by atoms with Gasteiger partial charge < -0.3 is 19.7 Å². The van der Waals surface area contributed by atoms with Crippen molar-refractivity contribution < 1.29 is 24.5 Å². The van der Waals surface area contributed by atoms with Crippen molar-refractivity contribution in [1.29, 1.82) is 0 Å². The van der Waals surface area contributed by atoms with Gasteiger partial charge in [-0.15, -0.1) is 0 Å². The normalized spacial score (nSPS) is 52.6. The molecule has 4 aliphatic carbocycles. The third kappa shape index (κ3) is 3.04. The molecule has 1 heterocycles. The number of aliphatic hydroxyl groups is 2. The summed E-state index contributed by atoms with van der Waals surface area (Å²) in [5.74, 6) is 0.635.